The summed E-state index contributed by atoms with van der Waals surface area (Å²) in [6.07, 6.45) is -3.77. The van der Waals surface area contributed by atoms with E-state index in [1.54, 1.807) is 0 Å². The molecule has 0 heterocycles. The van der Waals surface area contributed by atoms with E-state index in [4.69, 9.17) is 0 Å². The third-order valence-electron chi connectivity index (χ3n) is 1.75. The average molecular weight is 227 g/mol. The standard InChI is InChI=1S/C9H13F4NO/c1-4-14(7(15)6(2)3)5-9(12,13)8(10)11/h8H,2,4-5H2,1,3H3. The third-order valence-corrected chi connectivity index (χ3v) is 1.75. The molecule has 88 valence electrons. The lowest BCUT2D eigenvalue weighted by Crippen LogP contribution is -2.44. The SMILES string of the molecule is C=C(C)C(=O)N(CC)CC(F)(F)C(F)F. The van der Waals surface area contributed by atoms with Gasteiger partial charge in [0, 0.05) is 12.1 Å². The van der Waals surface area contributed by atoms with Crippen molar-refractivity contribution in [2.75, 3.05) is 13.1 Å². The van der Waals surface area contributed by atoms with Crippen molar-refractivity contribution in [3.05, 3.63) is 12.2 Å². The minimum atomic E-state index is -4.18. The van der Waals surface area contributed by atoms with Crippen molar-refractivity contribution in [1.29, 1.82) is 0 Å². The van der Waals surface area contributed by atoms with Crippen molar-refractivity contribution in [3.63, 3.8) is 0 Å². The molecule has 15 heavy (non-hydrogen) atoms. The van der Waals surface area contributed by atoms with Crippen LogP contribution >= 0.6 is 0 Å². The molecule has 0 aliphatic rings. The van der Waals surface area contributed by atoms with Gasteiger partial charge in [-0.05, 0) is 13.8 Å². The molecule has 0 atom stereocenters. The molecule has 0 saturated heterocycles. The molecule has 0 aromatic heterocycles. The highest BCUT2D eigenvalue weighted by Gasteiger charge is 2.43. The molecule has 1 amide bonds. The molecule has 0 saturated carbocycles. The zero-order valence-electron chi connectivity index (χ0n) is 8.57. The van der Waals surface area contributed by atoms with Gasteiger partial charge in [0.05, 0.1) is 6.54 Å². The maximum atomic E-state index is 12.6. The quantitative estimate of drug-likeness (QED) is 0.521. The van der Waals surface area contributed by atoms with Crippen molar-refractivity contribution in [1.82, 2.24) is 4.90 Å². The summed E-state index contributed by atoms with van der Waals surface area (Å²) in [5.41, 5.74) is 0.0434. The first-order chi connectivity index (χ1) is 6.72. The Hall–Kier alpha value is -1.07. The number of carbonyl (C=O) groups excluding carboxylic acids is 1. The summed E-state index contributed by atoms with van der Waals surface area (Å²) in [5, 5.41) is 0. The van der Waals surface area contributed by atoms with Gasteiger partial charge in [0.15, 0.2) is 0 Å². The number of hydrogen-bond donors (Lipinski definition) is 0. The van der Waals surface area contributed by atoms with E-state index in [-0.39, 0.29) is 12.1 Å². The molecule has 0 aromatic carbocycles. The molecule has 0 radical (unpaired) electrons. The maximum absolute atomic E-state index is 12.6. The molecule has 0 fully saturated rings. The van der Waals surface area contributed by atoms with E-state index >= 15 is 0 Å². The lowest BCUT2D eigenvalue weighted by Gasteiger charge is -2.25. The number of rotatable bonds is 5. The fraction of sp³-hybridized carbons (Fsp3) is 0.667. The van der Waals surface area contributed by atoms with E-state index in [1.807, 2.05) is 0 Å². The van der Waals surface area contributed by atoms with Gasteiger partial charge in [0.25, 0.3) is 0 Å². The van der Waals surface area contributed by atoms with Gasteiger partial charge in [-0.3, -0.25) is 4.79 Å². The minimum absolute atomic E-state index is 0.0434. The minimum Gasteiger partial charge on any atom is -0.333 e. The molecule has 0 aromatic rings. The van der Waals surface area contributed by atoms with Gasteiger partial charge in [-0.25, -0.2) is 8.78 Å². The van der Waals surface area contributed by atoms with Crippen molar-refractivity contribution in [2.24, 2.45) is 0 Å². The van der Waals surface area contributed by atoms with Gasteiger partial charge in [0.2, 0.25) is 5.91 Å². The van der Waals surface area contributed by atoms with Crippen LogP contribution in [0, 0.1) is 0 Å². The summed E-state index contributed by atoms with van der Waals surface area (Å²) in [5.74, 6) is -4.92. The summed E-state index contributed by atoms with van der Waals surface area (Å²) in [7, 11) is 0. The first-order valence-electron chi connectivity index (χ1n) is 4.33. The summed E-state index contributed by atoms with van der Waals surface area (Å²) in [6.45, 7) is 4.70. The lowest BCUT2D eigenvalue weighted by molar-refractivity contribution is -0.154. The lowest BCUT2D eigenvalue weighted by atomic mass is 10.2. The van der Waals surface area contributed by atoms with E-state index in [2.05, 4.69) is 6.58 Å². The summed E-state index contributed by atoms with van der Waals surface area (Å²) in [4.78, 5) is 11.9. The third kappa shape index (κ3) is 3.89. The molecule has 2 nitrogen and oxygen atoms in total. The fourth-order valence-corrected chi connectivity index (χ4v) is 0.921. The number of nitrogens with zero attached hydrogens (tertiary/aromatic N) is 1. The van der Waals surface area contributed by atoms with Crippen LogP contribution in [-0.4, -0.2) is 36.2 Å². The van der Waals surface area contributed by atoms with Crippen LogP contribution in [0.3, 0.4) is 0 Å². The molecular weight excluding hydrogens is 214 g/mol. The Morgan fingerprint density at radius 1 is 1.47 bits per heavy atom. The Bertz CT molecular complexity index is 252. The van der Waals surface area contributed by atoms with E-state index in [9.17, 15) is 22.4 Å². The predicted molar refractivity (Wildman–Crippen MR) is 48.0 cm³/mol. The van der Waals surface area contributed by atoms with Gasteiger partial charge in [-0.15, -0.1) is 0 Å². The number of halogens is 4. The number of alkyl halides is 4. The first kappa shape index (κ1) is 13.9. The molecule has 0 rings (SSSR count). The monoisotopic (exact) mass is 227 g/mol. The van der Waals surface area contributed by atoms with Crippen LogP contribution in [-0.2, 0) is 4.79 Å². The van der Waals surface area contributed by atoms with Crippen LogP contribution in [0.2, 0.25) is 0 Å². The Labute approximate surface area is 85.6 Å². The maximum Gasteiger partial charge on any atom is 0.324 e. The highest BCUT2D eigenvalue weighted by molar-refractivity contribution is 5.92. The molecule has 0 aliphatic carbocycles. The van der Waals surface area contributed by atoms with Crippen LogP contribution in [0.25, 0.3) is 0 Å². The second-order valence-electron chi connectivity index (χ2n) is 3.16. The van der Waals surface area contributed by atoms with E-state index in [0.717, 1.165) is 0 Å². The van der Waals surface area contributed by atoms with Crippen molar-refractivity contribution in [2.45, 2.75) is 26.2 Å². The van der Waals surface area contributed by atoms with E-state index in [1.165, 1.54) is 13.8 Å². The first-order valence-corrected chi connectivity index (χ1v) is 4.33. The van der Waals surface area contributed by atoms with Crippen molar-refractivity contribution >= 4 is 5.91 Å². The highest BCUT2D eigenvalue weighted by atomic mass is 19.3. The van der Waals surface area contributed by atoms with Gasteiger partial charge in [-0.2, -0.15) is 8.78 Å². The molecule has 0 unspecified atom stereocenters. The summed E-state index contributed by atoms with van der Waals surface area (Å²) >= 11 is 0. The topological polar surface area (TPSA) is 20.3 Å². The molecule has 0 bridgehead atoms. The van der Waals surface area contributed by atoms with Crippen LogP contribution < -0.4 is 0 Å². The zero-order valence-corrected chi connectivity index (χ0v) is 8.57. The second-order valence-corrected chi connectivity index (χ2v) is 3.16. The Balaban J connectivity index is 4.60. The number of likely N-dealkylation sites (N-methyl/N-ethyl adjacent to an activating group) is 1. The number of amides is 1. The smallest absolute Gasteiger partial charge is 0.324 e. The largest absolute Gasteiger partial charge is 0.333 e. The van der Waals surface area contributed by atoms with Crippen LogP contribution in [0.5, 0.6) is 0 Å². The Morgan fingerprint density at radius 3 is 2.20 bits per heavy atom. The Kier molecular flexibility index (Phi) is 4.77. The van der Waals surface area contributed by atoms with Gasteiger partial charge in [-0.1, -0.05) is 6.58 Å². The van der Waals surface area contributed by atoms with Crippen LogP contribution in [0.15, 0.2) is 12.2 Å². The zero-order chi connectivity index (χ0) is 12.2. The fourth-order valence-electron chi connectivity index (χ4n) is 0.921. The molecule has 6 heteroatoms. The number of carbonyl (C=O) groups is 1. The molecule has 0 N–H and O–H groups in total. The van der Waals surface area contributed by atoms with Crippen molar-refractivity contribution < 1.29 is 22.4 Å². The predicted octanol–water partition coefficient (Wildman–Crippen LogP) is 2.31. The van der Waals surface area contributed by atoms with Crippen LogP contribution in [0.1, 0.15) is 13.8 Å². The highest BCUT2D eigenvalue weighted by Crippen LogP contribution is 2.24. The summed E-state index contributed by atoms with van der Waals surface area (Å²) < 4.78 is 49.0. The molecule has 0 spiro atoms. The Morgan fingerprint density at radius 2 is 1.93 bits per heavy atom. The van der Waals surface area contributed by atoms with Crippen molar-refractivity contribution in [3.8, 4) is 0 Å². The summed E-state index contributed by atoms with van der Waals surface area (Å²) in [6, 6.07) is 0. The van der Waals surface area contributed by atoms with Crippen LogP contribution in [0.4, 0.5) is 17.6 Å². The number of hydrogen-bond acceptors (Lipinski definition) is 1. The van der Waals surface area contributed by atoms with Gasteiger partial charge < -0.3 is 4.90 Å². The average Bonchev–Trinajstić information content (AvgIpc) is 2.12. The molecular formula is C9H13F4NO. The second kappa shape index (κ2) is 5.14. The molecule has 0 aliphatic heterocycles. The normalized spacial score (nSPS) is 11.7. The van der Waals surface area contributed by atoms with Gasteiger partial charge in [0.1, 0.15) is 0 Å². The van der Waals surface area contributed by atoms with E-state index < -0.39 is 24.8 Å². The van der Waals surface area contributed by atoms with E-state index in [0.29, 0.717) is 4.90 Å². The van der Waals surface area contributed by atoms with Gasteiger partial charge >= 0.3 is 12.3 Å².